The Balaban J connectivity index is 1.59. The first-order chi connectivity index (χ1) is 10.7. The third kappa shape index (κ3) is 3.32. The summed E-state index contributed by atoms with van der Waals surface area (Å²) in [5.74, 6) is -0.206. The fourth-order valence-electron chi connectivity index (χ4n) is 2.00. The number of hydrogen-bond donors (Lipinski definition) is 1. The van der Waals surface area contributed by atoms with E-state index >= 15 is 0 Å². The lowest BCUT2D eigenvalue weighted by Gasteiger charge is -2.07. The summed E-state index contributed by atoms with van der Waals surface area (Å²) in [6, 6.07) is 7.12. The molecular formula is C15H13F2N5. The molecule has 0 aliphatic rings. The van der Waals surface area contributed by atoms with Gasteiger partial charge in [-0.2, -0.15) is 5.10 Å². The summed E-state index contributed by atoms with van der Waals surface area (Å²) >= 11 is 0. The zero-order valence-corrected chi connectivity index (χ0v) is 11.6. The maximum Gasteiger partial charge on any atom is 0.155 e. The van der Waals surface area contributed by atoms with Crippen molar-refractivity contribution >= 4 is 0 Å². The standard InChI is InChI=1S/C15H13F2N5/c16-13-2-3-14(17)12(5-13)8-18-6-11-1-4-15(20-7-11)22-10-19-9-21-22/h1-5,7,9-10,18H,6,8H2. The Labute approximate surface area is 125 Å². The zero-order chi connectivity index (χ0) is 15.4. The van der Waals surface area contributed by atoms with Crippen molar-refractivity contribution in [2.45, 2.75) is 13.1 Å². The lowest BCUT2D eigenvalue weighted by Crippen LogP contribution is -2.14. The van der Waals surface area contributed by atoms with Crippen LogP contribution in [-0.4, -0.2) is 19.7 Å². The van der Waals surface area contributed by atoms with Gasteiger partial charge < -0.3 is 5.32 Å². The van der Waals surface area contributed by atoms with Crippen LogP contribution in [0, 0.1) is 11.6 Å². The molecule has 2 aromatic heterocycles. The van der Waals surface area contributed by atoms with Crippen molar-refractivity contribution in [2.75, 3.05) is 0 Å². The summed E-state index contributed by atoms with van der Waals surface area (Å²) in [6.45, 7) is 0.745. The minimum atomic E-state index is -0.447. The predicted molar refractivity (Wildman–Crippen MR) is 76.1 cm³/mol. The third-order valence-corrected chi connectivity index (χ3v) is 3.11. The van der Waals surface area contributed by atoms with Gasteiger partial charge in [-0.1, -0.05) is 6.07 Å². The first-order valence-corrected chi connectivity index (χ1v) is 6.67. The first-order valence-electron chi connectivity index (χ1n) is 6.67. The Morgan fingerprint density at radius 3 is 2.73 bits per heavy atom. The summed E-state index contributed by atoms with van der Waals surface area (Å²) in [5, 5.41) is 7.04. The molecule has 0 unspecified atom stereocenters. The van der Waals surface area contributed by atoms with E-state index in [1.54, 1.807) is 17.2 Å². The number of rotatable bonds is 5. The van der Waals surface area contributed by atoms with E-state index in [0.29, 0.717) is 17.9 Å². The molecule has 0 aliphatic carbocycles. The van der Waals surface area contributed by atoms with Gasteiger partial charge >= 0.3 is 0 Å². The van der Waals surface area contributed by atoms with Crippen LogP contribution in [0.3, 0.4) is 0 Å². The first kappa shape index (κ1) is 14.3. The molecule has 1 aromatic carbocycles. The smallest absolute Gasteiger partial charge is 0.155 e. The predicted octanol–water partition coefficient (Wildman–Crippen LogP) is 2.23. The SMILES string of the molecule is Fc1ccc(F)c(CNCc2ccc(-n3cncn3)nc2)c1. The minimum absolute atomic E-state index is 0.244. The van der Waals surface area contributed by atoms with E-state index in [1.807, 2.05) is 12.1 Å². The molecule has 22 heavy (non-hydrogen) atoms. The van der Waals surface area contributed by atoms with E-state index in [1.165, 1.54) is 12.4 Å². The average molecular weight is 301 g/mol. The highest BCUT2D eigenvalue weighted by molar-refractivity contribution is 5.24. The van der Waals surface area contributed by atoms with Crippen LogP contribution in [0.25, 0.3) is 5.82 Å². The monoisotopic (exact) mass is 301 g/mol. The summed E-state index contributed by atoms with van der Waals surface area (Å²) in [5.41, 5.74) is 1.23. The zero-order valence-electron chi connectivity index (χ0n) is 11.6. The Kier molecular flexibility index (Phi) is 4.15. The Hall–Kier alpha value is -2.67. The topological polar surface area (TPSA) is 55.6 Å². The van der Waals surface area contributed by atoms with Gasteiger partial charge in [-0.15, -0.1) is 0 Å². The average Bonchev–Trinajstić information content (AvgIpc) is 3.06. The summed E-state index contributed by atoms with van der Waals surface area (Å²) in [7, 11) is 0. The van der Waals surface area contributed by atoms with E-state index in [4.69, 9.17) is 0 Å². The molecule has 3 aromatic rings. The van der Waals surface area contributed by atoms with Crippen molar-refractivity contribution in [2.24, 2.45) is 0 Å². The summed E-state index contributed by atoms with van der Waals surface area (Å²) < 4.78 is 28.1. The molecule has 112 valence electrons. The number of nitrogens with one attached hydrogen (secondary N) is 1. The van der Waals surface area contributed by atoms with E-state index in [2.05, 4.69) is 20.4 Å². The van der Waals surface area contributed by atoms with Crippen LogP contribution < -0.4 is 5.32 Å². The number of hydrogen-bond acceptors (Lipinski definition) is 4. The number of nitrogens with zero attached hydrogens (tertiary/aromatic N) is 4. The fraction of sp³-hybridized carbons (Fsp3) is 0.133. The van der Waals surface area contributed by atoms with E-state index in [-0.39, 0.29) is 6.54 Å². The lowest BCUT2D eigenvalue weighted by molar-refractivity contribution is 0.568. The van der Waals surface area contributed by atoms with E-state index in [9.17, 15) is 8.78 Å². The van der Waals surface area contributed by atoms with Crippen molar-refractivity contribution in [3.8, 4) is 5.82 Å². The molecule has 2 heterocycles. The molecule has 0 aliphatic heterocycles. The largest absolute Gasteiger partial charge is 0.308 e. The highest BCUT2D eigenvalue weighted by Crippen LogP contribution is 2.10. The normalized spacial score (nSPS) is 10.8. The number of benzene rings is 1. The second-order valence-corrected chi connectivity index (χ2v) is 4.70. The van der Waals surface area contributed by atoms with Gasteiger partial charge in [-0.25, -0.2) is 23.4 Å². The molecule has 0 bridgehead atoms. The highest BCUT2D eigenvalue weighted by Gasteiger charge is 2.04. The molecule has 7 heteroatoms. The lowest BCUT2D eigenvalue weighted by atomic mass is 10.2. The van der Waals surface area contributed by atoms with Crippen LogP contribution in [0.2, 0.25) is 0 Å². The van der Waals surface area contributed by atoms with Crippen molar-refractivity contribution in [3.05, 3.63) is 71.9 Å². The van der Waals surface area contributed by atoms with Gasteiger partial charge in [-0.3, -0.25) is 0 Å². The molecule has 0 saturated carbocycles. The van der Waals surface area contributed by atoms with Gasteiger partial charge in [0.2, 0.25) is 0 Å². The van der Waals surface area contributed by atoms with E-state index < -0.39 is 11.6 Å². The minimum Gasteiger partial charge on any atom is -0.308 e. The van der Waals surface area contributed by atoms with Gasteiger partial charge in [0, 0.05) is 24.8 Å². The Bertz CT molecular complexity index is 741. The van der Waals surface area contributed by atoms with Crippen molar-refractivity contribution in [1.82, 2.24) is 25.1 Å². The molecule has 1 N–H and O–H groups in total. The maximum absolute atomic E-state index is 13.5. The Morgan fingerprint density at radius 2 is 2.00 bits per heavy atom. The second kappa shape index (κ2) is 6.40. The number of halogens is 2. The molecule has 0 saturated heterocycles. The number of aromatic nitrogens is 4. The van der Waals surface area contributed by atoms with Crippen LogP contribution in [-0.2, 0) is 13.1 Å². The molecule has 0 radical (unpaired) electrons. The number of pyridine rings is 1. The van der Waals surface area contributed by atoms with Gasteiger partial charge in [-0.05, 0) is 29.8 Å². The second-order valence-electron chi connectivity index (χ2n) is 4.70. The molecule has 0 amide bonds. The molecule has 5 nitrogen and oxygen atoms in total. The third-order valence-electron chi connectivity index (χ3n) is 3.11. The Morgan fingerprint density at radius 1 is 1.09 bits per heavy atom. The van der Waals surface area contributed by atoms with E-state index in [0.717, 1.165) is 17.7 Å². The van der Waals surface area contributed by atoms with Crippen LogP contribution in [0.15, 0.2) is 49.2 Å². The van der Waals surface area contributed by atoms with Gasteiger partial charge in [0.15, 0.2) is 5.82 Å². The summed E-state index contributed by atoms with van der Waals surface area (Å²) in [6.07, 6.45) is 4.70. The summed E-state index contributed by atoms with van der Waals surface area (Å²) in [4.78, 5) is 8.12. The van der Waals surface area contributed by atoms with Crippen LogP contribution in [0.5, 0.6) is 0 Å². The fourth-order valence-corrected chi connectivity index (χ4v) is 2.00. The molecular weight excluding hydrogens is 288 g/mol. The quantitative estimate of drug-likeness (QED) is 0.785. The molecule has 3 rings (SSSR count). The van der Waals surface area contributed by atoms with Crippen molar-refractivity contribution in [1.29, 1.82) is 0 Å². The van der Waals surface area contributed by atoms with Gasteiger partial charge in [0.25, 0.3) is 0 Å². The van der Waals surface area contributed by atoms with Crippen LogP contribution >= 0.6 is 0 Å². The van der Waals surface area contributed by atoms with Crippen molar-refractivity contribution in [3.63, 3.8) is 0 Å². The van der Waals surface area contributed by atoms with Crippen LogP contribution in [0.4, 0.5) is 8.78 Å². The molecule has 0 fully saturated rings. The van der Waals surface area contributed by atoms with Crippen molar-refractivity contribution < 1.29 is 8.78 Å². The molecule has 0 atom stereocenters. The van der Waals surface area contributed by atoms with Gasteiger partial charge in [0.1, 0.15) is 24.3 Å². The maximum atomic E-state index is 13.5. The molecule has 0 spiro atoms. The van der Waals surface area contributed by atoms with Crippen LogP contribution in [0.1, 0.15) is 11.1 Å². The van der Waals surface area contributed by atoms with Gasteiger partial charge in [0.05, 0.1) is 0 Å². The highest BCUT2D eigenvalue weighted by atomic mass is 19.1.